The molecule has 6 fully saturated rings. The number of hydrogen-bond donors (Lipinski definition) is 2. The maximum absolute atomic E-state index is 12.1. The van der Waals surface area contributed by atoms with Crippen molar-refractivity contribution in [2.75, 3.05) is 42.4 Å². The smallest absolute Gasteiger partial charge is 0.441 e. The van der Waals surface area contributed by atoms with E-state index in [-0.39, 0.29) is 85.6 Å². The third-order valence-electron chi connectivity index (χ3n) is 23.7. The number of aryl methyl sites for hydroxylation is 3. The molecule has 9 aromatic heterocycles. The first-order chi connectivity index (χ1) is 63.1. The number of azide groups is 1. The van der Waals surface area contributed by atoms with Crippen LogP contribution in [0.3, 0.4) is 0 Å². The number of amides is 2. The summed E-state index contributed by atoms with van der Waals surface area (Å²) in [4.78, 5) is 51.2. The number of ether oxygens (including phenoxy) is 3. The Morgan fingerprint density at radius 1 is 0.481 bits per heavy atom. The lowest BCUT2D eigenvalue weighted by atomic mass is 9.49. The molecule has 0 unspecified atom stereocenters. The number of fused-ring (bicyclic) bond motifs is 6. The van der Waals surface area contributed by atoms with Gasteiger partial charge in [0.1, 0.15) is 40.7 Å². The van der Waals surface area contributed by atoms with Gasteiger partial charge < -0.3 is 52.3 Å². The quantitative estimate of drug-likeness (QED) is 0.0356. The molecule has 135 heavy (non-hydrogen) atoms. The molecule has 0 spiro atoms. The molecule has 716 valence electrons. The second kappa shape index (κ2) is 45.8. The van der Waals surface area contributed by atoms with Crippen molar-refractivity contribution in [2.45, 2.75) is 220 Å². The Bertz CT molecular complexity index is 5790. The lowest BCUT2D eigenvalue weighted by Crippen LogP contribution is -2.41. The van der Waals surface area contributed by atoms with Gasteiger partial charge in [0.05, 0.1) is 134 Å². The summed E-state index contributed by atoms with van der Waals surface area (Å²) in [5.41, 5.74) is 20.4. The van der Waals surface area contributed by atoms with Gasteiger partial charge >= 0.3 is 33.3 Å². The van der Waals surface area contributed by atoms with E-state index in [9.17, 15) is 14.7 Å². The van der Waals surface area contributed by atoms with Gasteiger partial charge in [0.2, 0.25) is 0 Å². The maximum atomic E-state index is 12.1. The highest BCUT2D eigenvalue weighted by molar-refractivity contribution is 9.11. The number of rotatable bonds is 13. The molecule has 8 aliphatic rings. The van der Waals surface area contributed by atoms with Crippen LogP contribution in [0.5, 0.6) is 0 Å². The van der Waals surface area contributed by atoms with Crippen molar-refractivity contribution < 1.29 is 61.9 Å². The van der Waals surface area contributed by atoms with E-state index in [0.29, 0.717) is 18.3 Å². The van der Waals surface area contributed by atoms with Gasteiger partial charge in [-0.3, -0.25) is 29.7 Å². The Morgan fingerprint density at radius 3 is 1.22 bits per heavy atom. The van der Waals surface area contributed by atoms with Crippen LogP contribution in [-0.2, 0) is 82.3 Å². The van der Waals surface area contributed by atoms with E-state index in [1.807, 2.05) is 200 Å². The molecule has 6 saturated heterocycles. The van der Waals surface area contributed by atoms with Crippen molar-refractivity contribution >= 4 is 130 Å². The Morgan fingerprint density at radius 2 is 0.867 bits per heavy atom. The predicted molar refractivity (Wildman–Crippen MR) is 541 cm³/mol. The number of aromatic nitrogens is 17. The molecule has 4 atom stereocenters. The number of hydrogen-bond acceptors (Lipinski definition) is 27. The van der Waals surface area contributed by atoms with Gasteiger partial charge in [-0.25, -0.2) is 33.3 Å². The van der Waals surface area contributed by atoms with Crippen LogP contribution in [0.25, 0.3) is 67.1 Å². The standard InChI is InChI=1S/C19H17N5O3.C14H19BN4O2.C12H24B2O4.C11H15BrN4Si.C11H10BrNO3.C8H7BrN4.C7H4BrN.C4H11N3Si.C4H8O.CH4/c1-23-17(9-21-22-23)14-4-2-12(8-20-14)11-3-5-15-13(6-11)7-16-18(10-25)27-19(26)24(15)16;1-13(2)14(3,4)21-15(20-13)10-6-7-11(16-8-10)12-9-17-18-19(12)5;1-9(2)10(3,4)16-13(15-9)14-17-11(5,6)12(7,8)18-14;1-17(2,3)8-16-11(7-14-15-16)10-5-4-9(12)6-13-10;12-7-1-2-8-6(3-7)4-9-10(5-14)16-11(15)13(8)9;1-13-8(5-11-12-13)7-3-2-6(9)4-10-7;1-2-7-4-3-6(8)5-9-7;1-8(2,3)4-6-7-5;1-2-4-5-3-1;/h2-6,8-9,16,18,25H,7,10H2,1H3;6-9H,1-5H3;1-8H3;4-7H,8H2,1-3H3;1-3,9-10,14H,4-5H2;2-5H,1H3;1,3-5H;4H2,1-3H3;1-4H2;1H4/t16-,18-;;;;9-,10-;;;;;/m0...0...../s1. The van der Waals surface area contributed by atoms with Crippen molar-refractivity contribution in [1.29, 1.82) is 0 Å². The molecule has 2 aromatic carbocycles. The molecule has 0 aliphatic carbocycles. The summed E-state index contributed by atoms with van der Waals surface area (Å²) in [7, 11) is 1.86. The predicted octanol–water partition coefficient (Wildman–Crippen LogP) is 17.0. The van der Waals surface area contributed by atoms with Gasteiger partial charge in [-0.1, -0.05) is 113 Å². The number of terminal acetylenes is 1. The second-order valence-electron chi connectivity index (χ2n) is 37.9. The molecule has 19 rings (SSSR count). The topological polar surface area (TPSA) is 400 Å². The second-order valence-corrected chi connectivity index (χ2v) is 52.5. The zero-order valence-electron chi connectivity index (χ0n) is 79.4. The van der Waals surface area contributed by atoms with Gasteiger partial charge in [0.15, 0.2) is 0 Å². The highest BCUT2D eigenvalue weighted by Crippen LogP contribution is 2.46. The van der Waals surface area contributed by atoms with Gasteiger partial charge in [0, 0.05) is 112 Å². The van der Waals surface area contributed by atoms with Crippen LogP contribution in [0.4, 0.5) is 21.0 Å². The van der Waals surface area contributed by atoms with E-state index in [0.717, 1.165) is 128 Å². The molecule has 17 heterocycles. The van der Waals surface area contributed by atoms with Crippen LogP contribution >= 0.6 is 63.7 Å². The highest BCUT2D eigenvalue weighted by atomic mass is 79.9. The van der Waals surface area contributed by atoms with E-state index in [1.165, 1.54) is 12.8 Å². The maximum Gasteiger partial charge on any atom is 0.496 e. The summed E-state index contributed by atoms with van der Waals surface area (Å²) in [6.45, 7) is 39.5. The fourth-order valence-electron chi connectivity index (χ4n) is 14.3. The minimum Gasteiger partial charge on any atom is -0.441 e. The number of carbonyl (C=O) groups excluding carboxylic acids is 2. The zero-order chi connectivity index (χ0) is 97.6. The highest BCUT2D eigenvalue weighted by Gasteiger charge is 2.64. The molecular formula is C91H119B3Br4N22O13Si2. The van der Waals surface area contributed by atoms with E-state index >= 15 is 0 Å². The Labute approximate surface area is 826 Å². The summed E-state index contributed by atoms with van der Waals surface area (Å²) in [6, 6.07) is 30.9. The fraction of sp³-hybridized carbons (Fsp3) is 0.462. The summed E-state index contributed by atoms with van der Waals surface area (Å²) >= 11 is 13.4. The first kappa shape index (κ1) is 107. The third-order valence-corrected chi connectivity index (χ3v) is 27.9. The molecule has 44 heteroatoms. The molecule has 35 nitrogen and oxygen atoms in total. The van der Waals surface area contributed by atoms with Crippen LogP contribution in [0.15, 0.2) is 176 Å². The van der Waals surface area contributed by atoms with Crippen molar-refractivity contribution in [3.05, 3.63) is 198 Å². The number of carbonyl (C=O) groups is 2. The fourth-order valence-corrected chi connectivity index (χ4v) is 17.0. The van der Waals surface area contributed by atoms with Crippen molar-refractivity contribution in [3.8, 4) is 69.0 Å². The number of halogens is 4. The molecule has 11 aromatic rings. The molecule has 8 aliphatic heterocycles. The van der Waals surface area contributed by atoms with E-state index < -0.39 is 42.4 Å². The molecule has 0 saturated carbocycles. The first-order valence-electron chi connectivity index (χ1n) is 43.6. The minimum absolute atomic E-state index is 0. The van der Waals surface area contributed by atoms with Crippen LogP contribution in [0.2, 0.25) is 39.3 Å². The summed E-state index contributed by atoms with van der Waals surface area (Å²) in [6.07, 6.45) is 24.8. The van der Waals surface area contributed by atoms with Crippen LogP contribution in [0, 0.1) is 12.3 Å². The van der Waals surface area contributed by atoms with E-state index in [4.69, 9.17) is 59.2 Å². The average molecular weight is 2140 g/mol. The van der Waals surface area contributed by atoms with Gasteiger partial charge in [-0.05, 0) is 258 Å². The number of pyridine rings is 5. The summed E-state index contributed by atoms with van der Waals surface area (Å²) in [5, 5.41) is 53.4. The average Bonchev–Trinajstić information content (AvgIpc) is 1.60. The number of aliphatic hydroxyl groups is 2. The molecule has 2 amide bonds. The van der Waals surface area contributed by atoms with E-state index in [2.05, 4.69) is 191 Å². The van der Waals surface area contributed by atoms with Crippen LogP contribution in [-0.4, -0.2) is 235 Å². The largest absolute Gasteiger partial charge is 0.496 e. The van der Waals surface area contributed by atoms with Crippen molar-refractivity contribution in [2.24, 2.45) is 26.3 Å². The Kier molecular flexibility index (Phi) is 36.4. The molecular weight excluding hydrogens is 2020 g/mol. The lowest BCUT2D eigenvalue weighted by Gasteiger charge is -2.32. The minimum atomic E-state index is -1.21. The zero-order valence-corrected chi connectivity index (χ0v) is 87.7. The summed E-state index contributed by atoms with van der Waals surface area (Å²) in [5.74, 6) is 2.42. The number of anilines is 2. The number of aliphatic hydroxyl groups excluding tert-OH is 2. The lowest BCUT2D eigenvalue weighted by molar-refractivity contribution is 0.00578. The van der Waals surface area contributed by atoms with Crippen molar-refractivity contribution in [3.63, 3.8) is 0 Å². The van der Waals surface area contributed by atoms with Crippen LogP contribution < -0.4 is 15.3 Å². The van der Waals surface area contributed by atoms with Crippen molar-refractivity contribution in [1.82, 2.24) is 84.9 Å². The summed E-state index contributed by atoms with van der Waals surface area (Å²) < 4.78 is 62.0. The Balaban J connectivity index is 0.000000162. The third kappa shape index (κ3) is 27.5. The molecule has 2 N–H and O–H groups in total. The number of cyclic esters (lactones) is 2. The SMILES string of the molecule is C.C#Cc1ccc(Br)cn1.C1CCOC1.CC1(C)OB(B2OC(C)(C)C(C)(C)O2)OC1(C)C.C[Si](C)(C)CN=[N+]=[N-].C[Si](C)(C)Cn1nncc1-c1ccc(Br)cn1.Cn1nncc1-c1ccc(-c2ccc3c(c2)C[C@H]2[C@H](CO)OC(=O)N32)cn1.Cn1nncc1-c1ccc(B2OC(C)(C)C(C)(C)O2)cn1.Cn1nncc1-c1ccc(Br)cn1.O=C1O[C@@H](CO)[C@@H]2Cc3cc(Br)ccc3N12. The van der Waals surface area contributed by atoms with Crippen LogP contribution in [0.1, 0.15) is 120 Å². The monoisotopic (exact) mass is 2130 g/mol. The van der Waals surface area contributed by atoms with E-state index in [1.54, 1.807) is 79.5 Å². The number of benzene rings is 2. The normalized spacial score (nSPS) is 19.2. The number of nitrogens with zero attached hydrogens (tertiary/aromatic N) is 22. The molecule has 0 bridgehead atoms. The molecule has 0 radical (unpaired) electrons. The Hall–Kier alpha value is -9.65. The first-order valence-corrected chi connectivity index (χ1v) is 54.2. The van der Waals surface area contributed by atoms with Gasteiger partial charge in [0.25, 0.3) is 0 Å². The van der Waals surface area contributed by atoms with Gasteiger partial charge in [-0.2, -0.15) is 0 Å². The van der Waals surface area contributed by atoms with Gasteiger partial charge in [-0.15, -0.1) is 26.8 Å².